The summed E-state index contributed by atoms with van der Waals surface area (Å²) in [6.45, 7) is 0.863. The van der Waals surface area contributed by atoms with Gasteiger partial charge < -0.3 is 9.64 Å². The van der Waals surface area contributed by atoms with Gasteiger partial charge in [-0.1, -0.05) is 35.9 Å². The Hall–Kier alpha value is -2.55. The maximum Gasteiger partial charge on any atom is 0.210 e. The molecular formula is C23H25NO2. The Morgan fingerprint density at radius 1 is 0.923 bits per heavy atom. The van der Waals surface area contributed by atoms with Crippen molar-refractivity contribution in [2.75, 3.05) is 6.54 Å². The first-order valence-electron chi connectivity index (χ1n) is 9.57. The molecule has 3 heteroatoms. The molecule has 0 N–H and O–H groups in total. The zero-order valence-electron chi connectivity index (χ0n) is 15.1. The van der Waals surface area contributed by atoms with Gasteiger partial charge in [-0.2, -0.15) is 0 Å². The maximum absolute atomic E-state index is 11.6. The van der Waals surface area contributed by atoms with E-state index in [9.17, 15) is 4.79 Å². The van der Waals surface area contributed by atoms with E-state index in [0.717, 1.165) is 43.7 Å². The van der Waals surface area contributed by atoms with Gasteiger partial charge in [-0.25, -0.2) is 0 Å². The number of hydrogen-bond donors (Lipinski definition) is 0. The molecule has 134 valence electrons. The number of benzene rings is 2. The lowest BCUT2D eigenvalue weighted by Crippen LogP contribution is -2.42. The second-order valence-corrected chi connectivity index (χ2v) is 7.21. The van der Waals surface area contributed by atoms with Crippen LogP contribution in [-0.4, -0.2) is 23.9 Å². The average Bonchev–Trinajstić information content (AvgIpc) is 2.70. The van der Waals surface area contributed by atoms with E-state index in [1.165, 1.54) is 30.4 Å². The Morgan fingerprint density at radius 2 is 1.65 bits per heavy atom. The van der Waals surface area contributed by atoms with Crippen molar-refractivity contribution < 1.29 is 9.53 Å². The van der Waals surface area contributed by atoms with Crippen molar-refractivity contribution in [1.82, 2.24) is 4.90 Å². The van der Waals surface area contributed by atoms with Crippen LogP contribution in [0.3, 0.4) is 0 Å². The smallest absolute Gasteiger partial charge is 0.210 e. The predicted octanol–water partition coefficient (Wildman–Crippen LogP) is 5.12. The first-order chi connectivity index (χ1) is 12.8. The molecule has 0 saturated heterocycles. The van der Waals surface area contributed by atoms with E-state index in [1.54, 1.807) is 5.57 Å². The number of amides is 1. The average molecular weight is 347 g/mol. The molecular weight excluding hydrogens is 322 g/mol. The van der Waals surface area contributed by atoms with E-state index in [4.69, 9.17) is 4.74 Å². The van der Waals surface area contributed by atoms with E-state index < -0.39 is 0 Å². The van der Waals surface area contributed by atoms with Crippen molar-refractivity contribution in [2.45, 2.75) is 44.6 Å². The van der Waals surface area contributed by atoms with Gasteiger partial charge in [0.15, 0.2) is 0 Å². The number of rotatable bonds is 5. The summed E-state index contributed by atoms with van der Waals surface area (Å²) in [4.78, 5) is 13.6. The zero-order chi connectivity index (χ0) is 17.8. The molecule has 0 saturated carbocycles. The first kappa shape index (κ1) is 16.9. The van der Waals surface area contributed by atoms with Gasteiger partial charge in [0, 0.05) is 6.54 Å². The van der Waals surface area contributed by atoms with E-state index in [1.807, 2.05) is 47.4 Å². The number of para-hydroxylation sites is 1. The molecule has 0 bridgehead atoms. The van der Waals surface area contributed by atoms with Crippen LogP contribution in [0.4, 0.5) is 0 Å². The third-order valence-corrected chi connectivity index (χ3v) is 5.57. The monoisotopic (exact) mass is 347 g/mol. The van der Waals surface area contributed by atoms with Gasteiger partial charge in [-0.05, 0) is 73.9 Å². The van der Waals surface area contributed by atoms with Gasteiger partial charge >= 0.3 is 0 Å². The summed E-state index contributed by atoms with van der Waals surface area (Å²) in [5, 5.41) is 0. The summed E-state index contributed by atoms with van der Waals surface area (Å²) in [5.74, 6) is 1.69. The van der Waals surface area contributed by atoms with E-state index in [-0.39, 0.29) is 6.04 Å². The molecule has 4 rings (SSSR count). The molecule has 0 aromatic heterocycles. The molecule has 2 aromatic carbocycles. The lowest BCUT2D eigenvalue weighted by molar-refractivity contribution is -0.119. The molecule has 3 nitrogen and oxygen atoms in total. The number of carbonyl (C=O) groups excluding carboxylic acids is 1. The zero-order valence-corrected chi connectivity index (χ0v) is 15.1. The molecule has 2 aromatic rings. The highest BCUT2D eigenvalue weighted by Gasteiger charge is 2.29. The Labute approximate surface area is 155 Å². The quantitative estimate of drug-likeness (QED) is 0.555. The fourth-order valence-corrected chi connectivity index (χ4v) is 4.21. The molecule has 1 unspecified atom stereocenters. The minimum absolute atomic E-state index is 0.234. The Kier molecular flexibility index (Phi) is 5.05. The van der Waals surface area contributed by atoms with Crippen LogP contribution in [0.1, 0.15) is 37.7 Å². The topological polar surface area (TPSA) is 29.5 Å². The third-order valence-electron chi connectivity index (χ3n) is 5.57. The molecule has 1 amide bonds. The summed E-state index contributed by atoms with van der Waals surface area (Å²) >= 11 is 0. The van der Waals surface area contributed by atoms with Crippen LogP contribution in [0.15, 0.2) is 65.7 Å². The number of carbonyl (C=O) groups is 1. The van der Waals surface area contributed by atoms with Crippen LogP contribution < -0.4 is 4.74 Å². The van der Waals surface area contributed by atoms with Gasteiger partial charge in [-0.3, -0.25) is 4.79 Å². The molecule has 2 aliphatic rings. The highest BCUT2D eigenvalue weighted by atomic mass is 16.5. The summed E-state index contributed by atoms with van der Waals surface area (Å²) < 4.78 is 5.88. The molecule has 0 fully saturated rings. The largest absolute Gasteiger partial charge is 0.457 e. The summed E-state index contributed by atoms with van der Waals surface area (Å²) in [5.41, 5.74) is 4.39. The number of nitrogens with zero attached hydrogens (tertiary/aromatic N) is 1. The molecule has 26 heavy (non-hydrogen) atoms. The first-order valence-corrected chi connectivity index (χ1v) is 9.57. The molecule has 1 heterocycles. The maximum atomic E-state index is 11.6. The van der Waals surface area contributed by atoms with E-state index >= 15 is 0 Å². The van der Waals surface area contributed by atoms with Crippen molar-refractivity contribution in [2.24, 2.45) is 0 Å². The van der Waals surface area contributed by atoms with Crippen LogP contribution in [-0.2, 0) is 11.2 Å². The number of hydrogen-bond acceptors (Lipinski definition) is 2. The van der Waals surface area contributed by atoms with Crippen LogP contribution in [0.2, 0.25) is 0 Å². The summed E-state index contributed by atoms with van der Waals surface area (Å²) in [7, 11) is 0. The van der Waals surface area contributed by atoms with Gasteiger partial charge in [-0.15, -0.1) is 0 Å². The van der Waals surface area contributed by atoms with Crippen molar-refractivity contribution in [3.8, 4) is 11.5 Å². The molecule has 1 aliphatic carbocycles. The lowest BCUT2D eigenvalue weighted by atomic mass is 9.80. The minimum atomic E-state index is 0.234. The minimum Gasteiger partial charge on any atom is -0.457 e. The highest BCUT2D eigenvalue weighted by Crippen LogP contribution is 2.36. The van der Waals surface area contributed by atoms with E-state index in [2.05, 4.69) is 12.1 Å². The fraction of sp³-hybridized carbons (Fsp3) is 0.348. The van der Waals surface area contributed by atoms with Gasteiger partial charge in [0.25, 0.3) is 0 Å². The molecule has 1 atom stereocenters. The molecule has 0 spiro atoms. The van der Waals surface area contributed by atoms with Gasteiger partial charge in [0.05, 0.1) is 6.04 Å². The van der Waals surface area contributed by atoms with Crippen LogP contribution in [0.5, 0.6) is 11.5 Å². The van der Waals surface area contributed by atoms with Crippen molar-refractivity contribution in [3.63, 3.8) is 0 Å². The summed E-state index contributed by atoms with van der Waals surface area (Å²) in [6, 6.07) is 18.3. The van der Waals surface area contributed by atoms with Crippen molar-refractivity contribution >= 4 is 6.41 Å². The van der Waals surface area contributed by atoms with E-state index in [0.29, 0.717) is 0 Å². The second kappa shape index (κ2) is 7.77. The fourth-order valence-electron chi connectivity index (χ4n) is 4.21. The van der Waals surface area contributed by atoms with Crippen LogP contribution >= 0.6 is 0 Å². The molecule has 1 aliphatic heterocycles. The van der Waals surface area contributed by atoms with Gasteiger partial charge in [0.2, 0.25) is 6.41 Å². The Morgan fingerprint density at radius 3 is 2.42 bits per heavy atom. The summed E-state index contributed by atoms with van der Waals surface area (Å²) in [6.07, 6.45) is 7.93. The normalized spacial score (nSPS) is 19.8. The standard InChI is InChI=1S/C23H25NO2/c25-17-24-15-14-19-6-4-5-9-22(19)23(24)16-18-10-12-21(13-11-18)26-20-7-2-1-3-8-20/h1-3,7-8,10-13,17,23H,4-6,9,14-16H2. The SMILES string of the molecule is O=CN1CCC2=C(CCCC2)C1Cc1ccc(Oc2ccccc2)cc1. The van der Waals surface area contributed by atoms with Crippen LogP contribution in [0, 0.1) is 0 Å². The molecule has 0 radical (unpaired) electrons. The Bertz CT molecular complexity index is 780. The second-order valence-electron chi connectivity index (χ2n) is 7.21. The Balaban J connectivity index is 1.49. The van der Waals surface area contributed by atoms with Crippen molar-refractivity contribution in [1.29, 1.82) is 0 Å². The lowest BCUT2D eigenvalue weighted by Gasteiger charge is -2.39. The van der Waals surface area contributed by atoms with Gasteiger partial charge in [0.1, 0.15) is 11.5 Å². The predicted molar refractivity (Wildman–Crippen MR) is 103 cm³/mol. The highest BCUT2D eigenvalue weighted by molar-refractivity contribution is 5.51. The van der Waals surface area contributed by atoms with Crippen LogP contribution in [0.25, 0.3) is 0 Å². The number of ether oxygens (including phenoxy) is 1. The third kappa shape index (κ3) is 3.67. The van der Waals surface area contributed by atoms with Crippen molar-refractivity contribution in [3.05, 3.63) is 71.3 Å².